The molecule has 0 atom stereocenters. The van der Waals surface area contributed by atoms with Crippen LogP contribution in [0.3, 0.4) is 0 Å². The van der Waals surface area contributed by atoms with E-state index < -0.39 is 0 Å². The molecular weight excluding hydrogens is 262 g/mol. The highest BCUT2D eigenvalue weighted by Crippen LogP contribution is 2.16. The standard InChI is InChI=1S/C15H20ClNO2/c1-4-17(5-2)14(15(18)19-6-3)11-12-8-7-9-13(16)10-12/h7-11H,4-6H2,1-3H3. The Labute approximate surface area is 119 Å². The van der Waals surface area contributed by atoms with Crippen molar-refractivity contribution in [2.45, 2.75) is 20.8 Å². The topological polar surface area (TPSA) is 29.5 Å². The predicted molar refractivity (Wildman–Crippen MR) is 79.0 cm³/mol. The second-order valence-electron chi connectivity index (χ2n) is 3.98. The lowest BCUT2D eigenvalue weighted by Gasteiger charge is -2.23. The van der Waals surface area contributed by atoms with Gasteiger partial charge in [-0.3, -0.25) is 0 Å². The molecule has 19 heavy (non-hydrogen) atoms. The third kappa shape index (κ3) is 4.60. The zero-order chi connectivity index (χ0) is 14.3. The van der Waals surface area contributed by atoms with Crippen LogP contribution in [0.2, 0.25) is 5.02 Å². The van der Waals surface area contributed by atoms with E-state index in [1.807, 2.05) is 43.0 Å². The summed E-state index contributed by atoms with van der Waals surface area (Å²) in [6.07, 6.45) is 1.82. The first-order valence-electron chi connectivity index (χ1n) is 6.51. The van der Waals surface area contributed by atoms with Gasteiger partial charge in [-0.15, -0.1) is 0 Å². The highest BCUT2D eigenvalue weighted by molar-refractivity contribution is 6.30. The fraction of sp³-hybridized carbons (Fsp3) is 0.400. The summed E-state index contributed by atoms with van der Waals surface area (Å²) in [5.41, 5.74) is 1.46. The number of carbonyl (C=O) groups is 1. The molecule has 0 radical (unpaired) electrons. The van der Waals surface area contributed by atoms with Crippen LogP contribution in [-0.2, 0) is 9.53 Å². The van der Waals surface area contributed by atoms with Gasteiger partial charge in [0.2, 0.25) is 0 Å². The molecule has 0 aliphatic carbocycles. The SMILES string of the molecule is CCOC(=O)C(=Cc1cccc(Cl)c1)N(CC)CC. The number of likely N-dealkylation sites (N-methyl/N-ethyl adjacent to an activating group) is 1. The second-order valence-corrected chi connectivity index (χ2v) is 4.41. The van der Waals surface area contributed by atoms with E-state index in [4.69, 9.17) is 16.3 Å². The van der Waals surface area contributed by atoms with Gasteiger partial charge >= 0.3 is 5.97 Å². The van der Waals surface area contributed by atoms with Crippen molar-refractivity contribution < 1.29 is 9.53 Å². The van der Waals surface area contributed by atoms with Crippen LogP contribution in [0.4, 0.5) is 0 Å². The molecule has 0 amide bonds. The normalized spacial score (nSPS) is 11.3. The summed E-state index contributed by atoms with van der Waals surface area (Å²) in [5, 5.41) is 0.650. The van der Waals surface area contributed by atoms with Crippen LogP contribution in [0.5, 0.6) is 0 Å². The third-order valence-electron chi connectivity index (χ3n) is 2.74. The molecule has 0 aromatic heterocycles. The Morgan fingerprint density at radius 2 is 2.00 bits per heavy atom. The molecule has 104 valence electrons. The lowest BCUT2D eigenvalue weighted by molar-refractivity contribution is -0.140. The van der Waals surface area contributed by atoms with Crippen LogP contribution < -0.4 is 0 Å². The number of carbonyl (C=O) groups excluding carboxylic acids is 1. The number of esters is 1. The maximum atomic E-state index is 12.0. The molecule has 1 aromatic carbocycles. The molecule has 1 rings (SSSR count). The van der Waals surface area contributed by atoms with E-state index in [1.165, 1.54) is 0 Å². The Hall–Kier alpha value is -1.48. The smallest absolute Gasteiger partial charge is 0.354 e. The van der Waals surface area contributed by atoms with Gasteiger partial charge in [0.05, 0.1) is 6.61 Å². The average Bonchev–Trinajstić information content (AvgIpc) is 2.39. The molecular formula is C15H20ClNO2. The predicted octanol–water partition coefficient (Wildman–Crippen LogP) is 3.59. The number of hydrogen-bond acceptors (Lipinski definition) is 3. The quantitative estimate of drug-likeness (QED) is 0.589. The largest absolute Gasteiger partial charge is 0.461 e. The van der Waals surface area contributed by atoms with Gasteiger partial charge in [-0.2, -0.15) is 0 Å². The van der Waals surface area contributed by atoms with E-state index in [9.17, 15) is 4.79 Å². The van der Waals surface area contributed by atoms with E-state index in [2.05, 4.69) is 0 Å². The van der Waals surface area contributed by atoms with Gasteiger partial charge in [-0.05, 0) is 44.5 Å². The molecule has 0 unspecified atom stereocenters. The monoisotopic (exact) mass is 281 g/mol. The van der Waals surface area contributed by atoms with Crippen molar-refractivity contribution in [2.24, 2.45) is 0 Å². The first-order valence-corrected chi connectivity index (χ1v) is 6.89. The Morgan fingerprint density at radius 3 is 2.53 bits per heavy atom. The van der Waals surface area contributed by atoms with Gasteiger partial charge in [0.25, 0.3) is 0 Å². The first-order chi connectivity index (χ1) is 9.12. The number of benzene rings is 1. The molecule has 1 aromatic rings. The first kappa shape index (κ1) is 15.6. The van der Waals surface area contributed by atoms with Gasteiger partial charge in [0.15, 0.2) is 0 Å². The van der Waals surface area contributed by atoms with E-state index in [-0.39, 0.29) is 5.97 Å². The fourth-order valence-electron chi connectivity index (χ4n) is 1.80. The van der Waals surface area contributed by atoms with Gasteiger partial charge in [0.1, 0.15) is 5.70 Å². The molecule has 0 saturated carbocycles. The summed E-state index contributed by atoms with van der Waals surface area (Å²) >= 11 is 5.96. The number of ether oxygens (including phenoxy) is 1. The molecule has 3 nitrogen and oxygen atoms in total. The van der Waals surface area contributed by atoms with E-state index in [1.54, 1.807) is 13.0 Å². The van der Waals surface area contributed by atoms with Crippen LogP contribution in [0.1, 0.15) is 26.3 Å². The summed E-state index contributed by atoms with van der Waals surface area (Å²) in [7, 11) is 0. The zero-order valence-electron chi connectivity index (χ0n) is 11.6. The molecule has 0 saturated heterocycles. The molecule has 0 fully saturated rings. The minimum Gasteiger partial charge on any atom is -0.461 e. The Morgan fingerprint density at radius 1 is 1.32 bits per heavy atom. The van der Waals surface area contributed by atoms with Gasteiger partial charge in [-0.1, -0.05) is 23.7 Å². The fourth-order valence-corrected chi connectivity index (χ4v) is 2.00. The number of halogens is 1. The lowest BCUT2D eigenvalue weighted by atomic mass is 10.2. The molecule has 0 bridgehead atoms. The summed E-state index contributed by atoms with van der Waals surface area (Å²) in [5.74, 6) is -0.300. The molecule has 0 aliphatic heterocycles. The molecule has 4 heteroatoms. The molecule has 0 aliphatic rings. The summed E-state index contributed by atoms with van der Waals surface area (Å²) in [6, 6.07) is 7.40. The van der Waals surface area contributed by atoms with Gasteiger partial charge < -0.3 is 9.64 Å². The van der Waals surface area contributed by atoms with Crippen molar-refractivity contribution >= 4 is 23.6 Å². The van der Waals surface area contributed by atoms with Crippen LogP contribution in [0, 0.1) is 0 Å². The van der Waals surface area contributed by atoms with Crippen LogP contribution in [-0.4, -0.2) is 30.6 Å². The van der Waals surface area contributed by atoms with Crippen molar-refractivity contribution in [3.05, 3.63) is 40.5 Å². The molecule has 0 N–H and O–H groups in total. The highest BCUT2D eigenvalue weighted by atomic mass is 35.5. The van der Waals surface area contributed by atoms with Crippen molar-refractivity contribution in [1.29, 1.82) is 0 Å². The Kier molecular flexibility index (Phi) is 6.43. The van der Waals surface area contributed by atoms with Crippen molar-refractivity contribution in [2.75, 3.05) is 19.7 Å². The maximum Gasteiger partial charge on any atom is 0.354 e. The Bertz CT molecular complexity index is 453. The van der Waals surface area contributed by atoms with Crippen molar-refractivity contribution in [3.63, 3.8) is 0 Å². The van der Waals surface area contributed by atoms with Crippen LogP contribution >= 0.6 is 11.6 Å². The summed E-state index contributed by atoms with van der Waals surface area (Å²) in [4.78, 5) is 14.0. The summed E-state index contributed by atoms with van der Waals surface area (Å²) in [6.45, 7) is 7.69. The maximum absolute atomic E-state index is 12.0. The third-order valence-corrected chi connectivity index (χ3v) is 2.98. The van der Waals surface area contributed by atoms with E-state index >= 15 is 0 Å². The lowest BCUT2D eigenvalue weighted by Crippen LogP contribution is -2.28. The zero-order valence-corrected chi connectivity index (χ0v) is 12.4. The second kappa shape index (κ2) is 7.85. The minimum atomic E-state index is -0.300. The van der Waals surface area contributed by atoms with E-state index in [0.29, 0.717) is 17.3 Å². The van der Waals surface area contributed by atoms with Crippen LogP contribution in [0.25, 0.3) is 6.08 Å². The summed E-state index contributed by atoms with van der Waals surface area (Å²) < 4.78 is 5.11. The average molecular weight is 282 g/mol. The number of nitrogens with zero attached hydrogens (tertiary/aromatic N) is 1. The number of rotatable bonds is 6. The number of hydrogen-bond donors (Lipinski definition) is 0. The highest BCUT2D eigenvalue weighted by Gasteiger charge is 2.16. The Balaban J connectivity index is 3.11. The van der Waals surface area contributed by atoms with Crippen molar-refractivity contribution in [1.82, 2.24) is 4.90 Å². The van der Waals surface area contributed by atoms with Gasteiger partial charge in [0, 0.05) is 18.1 Å². The molecule has 0 spiro atoms. The van der Waals surface area contributed by atoms with Gasteiger partial charge in [-0.25, -0.2) is 4.79 Å². The minimum absolute atomic E-state index is 0.300. The van der Waals surface area contributed by atoms with Crippen LogP contribution in [0.15, 0.2) is 30.0 Å². The van der Waals surface area contributed by atoms with Crippen molar-refractivity contribution in [3.8, 4) is 0 Å². The molecule has 0 heterocycles. The van der Waals surface area contributed by atoms with E-state index in [0.717, 1.165) is 18.7 Å².